The molecule has 0 radical (unpaired) electrons. The van der Waals surface area contributed by atoms with Crippen molar-refractivity contribution < 1.29 is 13.2 Å². The first-order valence-corrected chi connectivity index (χ1v) is 8.37. The zero-order valence-corrected chi connectivity index (χ0v) is 13.5. The summed E-state index contributed by atoms with van der Waals surface area (Å²) < 4.78 is 24.7. The summed E-state index contributed by atoms with van der Waals surface area (Å²) in [4.78, 5) is 11.8. The number of aryl methyl sites for hydroxylation is 1. The van der Waals surface area contributed by atoms with Crippen molar-refractivity contribution in [1.29, 1.82) is 0 Å². The fraction of sp³-hybridized carbons (Fsp3) is 0.462. The van der Waals surface area contributed by atoms with Crippen LogP contribution in [0.4, 0.5) is 5.69 Å². The summed E-state index contributed by atoms with van der Waals surface area (Å²) in [5.74, 6) is -0.359. The Morgan fingerprint density at radius 2 is 2.00 bits per heavy atom. The average Bonchev–Trinajstić information content (AvgIpc) is 2.27. The topological polar surface area (TPSA) is 66.5 Å². The van der Waals surface area contributed by atoms with Crippen LogP contribution in [0, 0.1) is 6.92 Å². The highest BCUT2D eigenvalue weighted by molar-refractivity contribution is 7.92. The third kappa shape index (κ3) is 4.68. The second kappa shape index (κ2) is 6.45. The second-order valence-electron chi connectivity index (χ2n) is 4.93. The van der Waals surface area contributed by atoms with Crippen LogP contribution in [0.15, 0.2) is 18.2 Å². The van der Waals surface area contributed by atoms with E-state index in [2.05, 4.69) is 5.32 Å². The van der Waals surface area contributed by atoms with Crippen LogP contribution in [0.5, 0.6) is 0 Å². The lowest BCUT2D eigenvalue weighted by Gasteiger charge is -2.23. The Morgan fingerprint density at radius 3 is 2.45 bits per heavy atom. The van der Waals surface area contributed by atoms with Crippen molar-refractivity contribution in [2.24, 2.45) is 0 Å². The molecule has 5 nitrogen and oxygen atoms in total. The first kappa shape index (κ1) is 16.8. The highest BCUT2D eigenvalue weighted by Gasteiger charge is 2.21. The lowest BCUT2D eigenvalue weighted by molar-refractivity contribution is -0.120. The van der Waals surface area contributed by atoms with E-state index in [4.69, 9.17) is 11.6 Å². The van der Waals surface area contributed by atoms with E-state index in [0.717, 1.165) is 16.1 Å². The lowest BCUT2D eigenvalue weighted by atomic mass is 10.2. The highest BCUT2D eigenvalue weighted by atomic mass is 35.5. The summed E-state index contributed by atoms with van der Waals surface area (Å²) in [6.07, 6.45) is 1.06. The number of hydrogen-bond donors (Lipinski definition) is 1. The van der Waals surface area contributed by atoms with E-state index in [0.29, 0.717) is 10.7 Å². The number of halogens is 1. The van der Waals surface area contributed by atoms with E-state index < -0.39 is 10.0 Å². The van der Waals surface area contributed by atoms with Crippen molar-refractivity contribution in [2.75, 3.05) is 17.1 Å². The Kier molecular flexibility index (Phi) is 5.42. The fourth-order valence-corrected chi connectivity index (χ4v) is 2.66. The second-order valence-corrected chi connectivity index (χ2v) is 7.24. The van der Waals surface area contributed by atoms with Crippen LogP contribution in [0.25, 0.3) is 0 Å². The Labute approximate surface area is 125 Å². The van der Waals surface area contributed by atoms with Crippen LogP contribution in [-0.4, -0.2) is 33.2 Å². The normalized spacial score (nSPS) is 11.5. The molecule has 112 valence electrons. The molecule has 0 spiro atoms. The molecule has 1 aromatic rings. The summed E-state index contributed by atoms with van der Waals surface area (Å²) in [6, 6.07) is 4.84. The number of hydrogen-bond acceptors (Lipinski definition) is 3. The molecule has 0 fully saturated rings. The molecule has 0 atom stereocenters. The molecule has 1 amide bonds. The summed E-state index contributed by atoms with van der Waals surface area (Å²) in [6.45, 7) is 5.18. The first-order chi connectivity index (χ1) is 9.11. The molecule has 0 heterocycles. The van der Waals surface area contributed by atoms with E-state index in [1.54, 1.807) is 18.2 Å². The van der Waals surface area contributed by atoms with Gasteiger partial charge in [0.05, 0.1) is 11.9 Å². The molecule has 0 aliphatic rings. The van der Waals surface area contributed by atoms with Gasteiger partial charge in [-0.2, -0.15) is 0 Å². The van der Waals surface area contributed by atoms with Gasteiger partial charge in [0.15, 0.2) is 0 Å². The predicted octanol–water partition coefficient (Wildman–Crippen LogP) is 1.94. The Bertz CT molecular complexity index is 600. The van der Waals surface area contributed by atoms with E-state index >= 15 is 0 Å². The maximum absolute atomic E-state index is 11.9. The first-order valence-electron chi connectivity index (χ1n) is 6.14. The van der Waals surface area contributed by atoms with Crippen molar-refractivity contribution in [3.05, 3.63) is 28.8 Å². The summed E-state index contributed by atoms with van der Waals surface area (Å²) in [5, 5.41) is 3.12. The van der Waals surface area contributed by atoms with Gasteiger partial charge >= 0.3 is 0 Å². The van der Waals surface area contributed by atoms with Crippen LogP contribution in [-0.2, 0) is 14.8 Å². The zero-order valence-electron chi connectivity index (χ0n) is 12.0. The van der Waals surface area contributed by atoms with Gasteiger partial charge in [0.25, 0.3) is 0 Å². The molecule has 0 aliphatic heterocycles. The van der Waals surface area contributed by atoms with Crippen molar-refractivity contribution in [2.45, 2.75) is 26.8 Å². The summed E-state index contributed by atoms with van der Waals surface area (Å²) >= 11 is 6.01. The largest absolute Gasteiger partial charge is 0.352 e. The van der Waals surface area contributed by atoms with Gasteiger partial charge in [-0.3, -0.25) is 9.10 Å². The van der Waals surface area contributed by atoms with Gasteiger partial charge in [-0.25, -0.2) is 8.42 Å². The molecule has 0 unspecified atom stereocenters. The molecule has 0 aromatic heterocycles. The Balaban J connectivity index is 3.08. The molecular formula is C13H19ClN2O3S. The van der Waals surface area contributed by atoms with E-state index in [1.807, 2.05) is 20.8 Å². The number of carbonyl (C=O) groups excluding carboxylic acids is 1. The number of benzene rings is 1. The fourth-order valence-electron chi connectivity index (χ4n) is 1.63. The van der Waals surface area contributed by atoms with E-state index in [-0.39, 0.29) is 18.5 Å². The van der Waals surface area contributed by atoms with E-state index in [9.17, 15) is 13.2 Å². The van der Waals surface area contributed by atoms with Crippen LogP contribution in [0.2, 0.25) is 5.02 Å². The predicted molar refractivity (Wildman–Crippen MR) is 81.7 cm³/mol. The molecule has 0 aliphatic carbocycles. The Hall–Kier alpha value is -1.27. The standard InChI is InChI=1S/C13H19ClN2O3S/c1-9(2)15-13(17)8-16(20(4,18)19)11-6-5-10(3)12(14)7-11/h5-7,9H,8H2,1-4H3,(H,15,17). The zero-order chi connectivity index (χ0) is 15.5. The SMILES string of the molecule is Cc1ccc(N(CC(=O)NC(C)C)S(C)(=O)=O)cc1Cl. The molecule has 1 N–H and O–H groups in total. The molecule has 7 heteroatoms. The molecule has 20 heavy (non-hydrogen) atoms. The molecular weight excluding hydrogens is 300 g/mol. The van der Waals surface area contributed by atoms with Crippen LogP contribution >= 0.6 is 11.6 Å². The van der Waals surface area contributed by atoms with Crippen molar-refractivity contribution in [3.63, 3.8) is 0 Å². The van der Waals surface area contributed by atoms with Crippen molar-refractivity contribution >= 4 is 33.2 Å². The number of nitrogens with one attached hydrogen (secondary N) is 1. The van der Waals surface area contributed by atoms with Crippen LogP contribution in [0.3, 0.4) is 0 Å². The van der Waals surface area contributed by atoms with Gasteiger partial charge < -0.3 is 5.32 Å². The van der Waals surface area contributed by atoms with Gasteiger partial charge in [0.2, 0.25) is 15.9 Å². The minimum absolute atomic E-state index is 0.0504. The number of nitrogens with zero attached hydrogens (tertiary/aromatic N) is 1. The quantitative estimate of drug-likeness (QED) is 0.902. The minimum atomic E-state index is -3.56. The smallest absolute Gasteiger partial charge is 0.240 e. The Morgan fingerprint density at radius 1 is 1.40 bits per heavy atom. The number of carbonyl (C=O) groups is 1. The maximum Gasteiger partial charge on any atom is 0.240 e. The number of anilines is 1. The maximum atomic E-state index is 11.9. The molecule has 1 aromatic carbocycles. The molecule has 1 rings (SSSR count). The summed E-state index contributed by atoms with van der Waals surface area (Å²) in [5.41, 5.74) is 1.22. The number of rotatable bonds is 5. The van der Waals surface area contributed by atoms with Crippen LogP contribution in [0.1, 0.15) is 19.4 Å². The van der Waals surface area contributed by atoms with Crippen LogP contribution < -0.4 is 9.62 Å². The monoisotopic (exact) mass is 318 g/mol. The lowest BCUT2D eigenvalue weighted by Crippen LogP contribution is -2.42. The molecule has 0 bridgehead atoms. The average molecular weight is 319 g/mol. The number of sulfonamides is 1. The third-order valence-electron chi connectivity index (χ3n) is 2.58. The van der Waals surface area contributed by atoms with Gasteiger partial charge in [-0.1, -0.05) is 17.7 Å². The van der Waals surface area contributed by atoms with Crippen molar-refractivity contribution in [1.82, 2.24) is 5.32 Å². The van der Waals surface area contributed by atoms with Gasteiger partial charge in [-0.05, 0) is 38.5 Å². The number of amides is 1. The minimum Gasteiger partial charge on any atom is -0.352 e. The highest BCUT2D eigenvalue weighted by Crippen LogP contribution is 2.24. The third-order valence-corrected chi connectivity index (χ3v) is 4.13. The van der Waals surface area contributed by atoms with Crippen molar-refractivity contribution in [3.8, 4) is 0 Å². The van der Waals surface area contributed by atoms with E-state index in [1.165, 1.54) is 0 Å². The molecule has 0 saturated carbocycles. The van der Waals surface area contributed by atoms with Gasteiger partial charge in [-0.15, -0.1) is 0 Å². The van der Waals surface area contributed by atoms with Gasteiger partial charge in [0.1, 0.15) is 6.54 Å². The summed E-state index contributed by atoms with van der Waals surface area (Å²) in [7, 11) is -3.56. The molecule has 0 saturated heterocycles. The van der Waals surface area contributed by atoms with Gasteiger partial charge in [0, 0.05) is 11.1 Å².